The average Bonchev–Trinajstić information content (AvgIpc) is 3.37. The van der Waals surface area contributed by atoms with Crippen molar-refractivity contribution in [3.8, 4) is 0 Å². The molecule has 3 heterocycles. The van der Waals surface area contributed by atoms with Gasteiger partial charge in [0.1, 0.15) is 6.54 Å². The Hall–Kier alpha value is -2.66. The third-order valence-electron chi connectivity index (χ3n) is 6.00. The van der Waals surface area contributed by atoms with Crippen LogP contribution < -0.4 is 4.90 Å². The van der Waals surface area contributed by atoms with Crippen LogP contribution >= 0.6 is 27.3 Å². The van der Waals surface area contributed by atoms with Gasteiger partial charge in [0.15, 0.2) is 5.13 Å². The Morgan fingerprint density at radius 2 is 1.79 bits per heavy atom. The molecule has 0 bridgehead atoms. The number of nitrogens with zero attached hydrogens (tertiary/aromatic N) is 4. The molecule has 1 saturated heterocycles. The fourth-order valence-corrected chi connectivity index (χ4v) is 5.77. The summed E-state index contributed by atoms with van der Waals surface area (Å²) in [6, 6.07) is 12.4. The van der Waals surface area contributed by atoms with E-state index in [4.69, 9.17) is 4.74 Å². The number of carbonyl (C=O) groups is 3. The first-order valence-electron chi connectivity index (χ1n) is 11.1. The van der Waals surface area contributed by atoms with Crippen molar-refractivity contribution in [1.82, 2.24) is 14.8 Å². The predicted molar refractivity (Wildman–Crippen MR) is 133 cm³/mol. The Balaban J connectivity index is 1.36. The van der Waals surface area contributed by atoms with E-state index in [1.54, 1.807) is 29.2 Å². The number of amides is 3. The predicted octanol–water partition coefficient (Wildman–Crippen LogP) is 3.41. The van der Waals surface area contributed by atoms with Crippen LogP contribution in [0.4, 0.5) is 5.13 Å². The number of morpholine rings is 1. The van der Waals surface area contributed by atoms with E-state index in [9.17, 15) is 14.4 Å². The number of carbonyl (C=O) groups excluding carboxylic acids is 3. The van der Waals surface area contributed by atoms with Crippen LogP contribution in [-0.4, -0.2) is 78.4 Å². The van der Waals surface area contributed by atoms with Crippen LogP contribution in [0.2, 0.25) is 0 Å². The van der Waals surface area contributed by atoms with Crippen LogP contribution in [0.15, 0.2) is 46.9 Å². The van der Waals surface area contributed by atoms with Gasteiger partial charge < -0.3 is 4.74 Å². The van der Waals surface area contributed by atoms with E-state index in [-0.39, 0.29) is 12.5 Å². The highest BCUT2D eigenvalue weighted by Gasteiger charge is 2.37. The van der Waals surface area contributed by atoms with Gasteiger partial charge in [0.25, 0.3) is 11.8 Å². The SMILES string of the molecule is O=C1c2ccccc2C(=O)N1CC(=O)N(CCCN1CCOCC1)c1nc2ccc(Br)cc2s1. The summed E-state index contributed by atoms with van der Waals surface area (Å²) in [6.07, 6.45) is 0.744. The molecule has 0 spiro atoms. The lowest BCUT2D eigenvalue weighted by Crippen LogP contribution is -2.44. The summed E-state index contributed by atoms with van der Waals surface area (Å²) in [4.78, 5) is 48.7. The molecule has 1 fully saturated rings. The molecular formula is C24H23BrN4O4S. The van der Waals surface area contributed by atoms with Gasteiger partial charge in [-0.3, -0.25) is 29.1 Å². The van der Waals surface area contributed by atoms with E-state index in [1.165, 1.54) is 11.3 Å². The molecule has 2 aromatic carbocycles. The number of aromatic nitrogens is 1. The van der Waals surface area contributed by atoms with Gasteiger partial charge >= 0.3 is 0 Å². The molecule has 10 heteroatoms. The Morgan fingerprint density at radius 1 is 1.09 bits per heavy atom. The first-order chi connectivity index (χ1) is 16.5. The van der Waals surface area contributed by atoms with Crippen LogP contribution in [0.3, 0.4) is 0 Å². The van der Waals surface area contributed by atoms with E-state index in [2.05, 4.69) is 25.8 Å². The molecule has 0 aliphatic carbocycles. The van der Waals surface area contributed by atoms with Gasteiger partial charge in [-0.1, -0.05) is 39.4 Å². The third-order valence-corrected chi connectivity index (χ3v) is 7.54. The standard InChI is InChI=1S/C24H23BrN4O4S/c25-16-6-7-19-20(14-16)34-24(26-19)28(9-3-8-27-10-12-33-13-11-27)21(30)15-29-22(31)17-4-1-2-5-18(17)23(29)32/h1-2,4-7,14H,3,8-13,15H2. The zero-order valence-electron chi connectivity index (χ0n) is 18.4. The molecule has 0 saturated carbocycles. The normalized spacial score (nSPS) is 16.3. The van der Waals surface area contributed by atoms with E-state index in [0.717, 1.165) is 58.9 Å². The van der Waals surface area contributed by atoms with Gasteiger partial charge in [-0.15, -0.1) is 0 Å². The van der Waals surface area contributed by atoms with Gasteiger partial charge in [-0.05, 0) is 36.8 Å². The van der Waals surface area contributed by atoms with Crippen molar-refractivity contribution in [1.29, 1.82) is 0 Å². The second-order valence-corrected chi connectivity index (χ2v) is 10.1. The monoisotopic (exact) mass is 542 g/mol. The Bertz CT molecular complexity index is 1220. The van der Waals surface area contributed by atoms with Gasteiger partial charge in [-0.2, -0.15) is 0 Å². The summed E-state index contributed by atoms with van der Waals surface area (Å²) in [5.74, 6) is -1.19. The molecule has 1 aromatic heterocycles. The molecule has 3 aromatic rings. The molecule has 0 radical (unpaired) electrons. The second kappa shape index (κ2) is 9.91. The Morgan fingerprint density at radius 3 is 2.50 bits per heavy atom. The highest BCUT2D eigenvalue weighted by Crippen LogP contribution is 2.31. The molecule has 0 atom stereocenters. The summed E-state index contributed by atoms with van der Waals surface area (Å²) in [5.41, 5.74) is 1.47. The van der Waals surface area contributed by atoms with Gasteiger partial charge in [-0.25, -0.2) is 4.98 Å². The first kappa shape index (κ1) is 23.1. The average molecular weight is 543 g/mol. The number of fused-ring (bicyclic) bond motifs is 2. The van der Waals surface area contributed by atoms with Crippen molar-refractivity contribution < 1.29 is 19.1 Å². The van der Waals surface area contributed by atoms with Crippen LogP contribution in [0.1, 0.15) is 27.1 Å². The second-order valence-electron chi connectivity index (χ2n) is 8.20. The molecular weight excluding hydrogens is 520 g/mol. The number of ether oxygens (including phenoxy) is 1. The van der Waals surface area contributed by atoms with E-state index < -0.39 is 11.8 Å². The first-order valence-corrected chi connectivity index (χ1v) is 12.7. The summed E-state index contributed by atoms with van der Waals surface area (Å²) < 4.78 is 7.30. The smallest absolute Gasteiger partial charge is 0.262 e. The van der Waals surface area contributed by atoms with Gasteiger partial charge in [0, 0.05) is 30.7 Å². The zero-order chi connectivity index (χ0) is 23.7. The number of rotatable bonds is 7. The summed E-state index contributed by atoms with van der Waals surface area (Å²) in [5, 5.41) is 0.566. The molecule has 3 amide bonds. The number of benzene rings is 2. The fourth-order valence-electron chi connectivity index (χ4n) is 4.21. The highest BCUT2D eigenvalue weighted by molar-refractivity contribution is 9.10. The Kier molecular flexibility index (Phi) is 6.73. The molecule has 176 valence electrons. The lowest BCUT2D eigenvalue weighted by Gasteiger charge is -2.28. The van der Waals surface area contributed by atoms with Crippen molar-refractivity contribution in [2.45, 2.75) is 6.42 Å². The number of hydrogen-bond donors (Lipinski definition) is 0. The van der Waals surface area contributed by atoms with Crippen molar-refractivity contribution >= 4 is 60.3 Å². The number of hydrogen-bond acceptors (Lipinski definition) is 7. The Labute approximate surface area is 209 Å². The topological polar surface area (TPSA) is 83.1 Å². The molecule has 8 nitrogen and oxygen atoms in total. The quantitative estimate of drug-likeness (QED) is 0.425. The van der Waals surface area contributed by atoms with E-state index >= 15 is 0 Å². The van der Waals surface area contributed by atoms with Crippen LogP contribution in [-0.2, 0) is 9.53 Å². The van der Waals surface area contributed by atoms with E-state index in [1.807, 2.05) is 18.2 Å². The molecule has 2 aliphatic heterocycles. The van der Waals surface area contributed by atoms with Crippen LogP contribution in [0, 0.1) is 0 Å². The minimum absolute atomic E-state index is 0.316. The molecule has 34 heavy (non-hydrogen) atoms. The van der Waals surface area contributed by atoms with Crippen molar-refractivity contribution in [3.05, 3.63) is 58.1 Å². The third kappa shape index (κ3) is 4.63. The number of anilines is 1. The minimum Gasteiger partial charge on any atom is -0.379 e. The molecule has 0 unspecified atom stereocenters. The lowest BCUT2D eigenvalue weighted by atomic mass is 10.1. The molecule has 0 N–H and O–H groups in total. The van der Waals surface area contributed by atoms with E-state index in [0.29, 0.717) is 22.8 Å². The minimum atomic E-state index is -0.435. The lowest BCUT2D eigenvalue weighted by molar-refractivity contribution is -0.119. The maximum absolute atomic E-state index is 13.5. The van der Waals surface area contributed by atoms with Crippen LogP contribution in [0.5, 0.6) is 0 Å². The maximum atomic E-state index is 13.5. The molecule has 2 aliphatic rings. The summed E-state index contributed by atoms with van der Waals surface area (Å²) in [7, 11) is 0. The van der Waals surface area contributed by atoms with Crippen molar-refractivity contribution in [2.75, 3.05) is 50.8 Å². The number of thiazole rings is 1. The zero-order valence-corrected chi connectivity index (χ0v) is 20.8. The van der Waals surface area contributed by atoms with Gasteiger partial charge in [0.05, 0.1) is 34.6 Å². The summed E-state index contributed by atoms with van der Waals surface area (Å²) in [6.45, 7) is 4.14. The van der Waals surface area contributed by atoms with Gasteiger partial charge in [0.2, 0.25) is 5.91 Å². The van der Waals surface area contributed by atoms with Crippen molar-refractivity contribution in [2.24, 2.45) is 0 Å². The fraction of sp³-hybridized carbons (Fsp3) is 0.333. The number of imide groups is 1. The van der Waals surface area contributed by atoms with Crippen LogP contribution in [0.25, 0.3) is 10.2 Å². The van der Waals surface area contributed by atoms with Crippen molar-refractivity contribution in [3.63, 3.8) is 0 Å². The molecule has 5 rings (SSSR count). The maximum Gasteiger partial charge on any atom is 0.262 e. The summed E-state index contributed by atoms with van der Waals surface area (Å²) >= 11 is 4.90. The number of halogens is 1. The largest absolute Gasteiger partial charge is 0.379 e. The highest BCUT2D eigenvalue weighted by atomic mass is 79.9.